The number of nitrogens with zero attached hydrogens (tertiary/aromatic N) is 3. The number of aliphatic hydroxyl groups is 1. The predicted octanol–water partition coefficient (Wildman–Crippen LogP) is 0.191. The van der Waals surface area contributed by atoms with Crippen LogP contribution in [0.25, 0.3) is 0 Å². The minimum Gasteiger partial charge on any atom is -0.481 e. The molecule has 23 heavy (non-hydrogen) atoms. The van der Waals surface area contributed by atoms with Crippen LogP contribution in [0.5, 0.6) is 5.88 Å². The first-order valence-electron chi connectivity index (χ1n) is 6.95. The Hall–Kier alpha value is -2.10. The van der Waals surface area contributed by atoms with Crippen LogP contribution in [0.4, 0.5) is 19.1 Å². The fraction of sp³-hybridized carbons (Fsp3) is 0.615. The third-order valence-corrected chi connectivity index (χ3v) is 4.07. The van der Waals surface area contributed by atoms with Crippen LogP contribution in [-0.4, -0.2) is 53.8 Å². The molecule has 7 nitrogen and oxygen atoms in total. The second-order valence-corrected chi connectivity index (χ2v) is 5.80. The number of alkyl halides is 3. The van der Waals surface area contributed by atoms with Gasteiger partial charge in [0.05, 0.1) is 18.6 Å². The molecule has 1 aromatic rings. The highest BCUT2D eigenvalue weighted by molar-refractivity contribution is 5.86. The van der Waals surface area contributed by atoms with Crippen molar-refractivity contribution in [2.24, 2.45) is 5.41 Å². The average Bonchev–Trinajstić information content (AvgIpc) is 2.46. The van der Waals surface area contributed by atoms with Gasteiger partial charge < -0.3 is 20.1 Å². The first kappa shape index (κ1) is 15.8. The molecule has 0 aromatic carbocycles. The lowest BCUT2D eigenvalue weighted by Gasteiger charge is -2.51. The van der Waals surface area contributed by atoms with E-state index in [1.54, 1.807) is 0 Å². The monoisotopic (exact) mass is 332 g/mol. The van der Waals surface area contributed by atoms with Gasteiger partial charge in [0.1, 0.15) is 0 Å². The van der Waals surface area contributed by atoms with Crippen LogP contribution in [0.2, 0.25) is 0 Å². The lowest BCUT2D eigenvalue weighted by molar-refractivity contribution is -0.142. The minimum atomic E-state index is -4.62. The lowest BCUT2D eigenvalue weighted by Crippen LogP contribution is -2.68. The van der Waals surface area contributed by atoms with Gasteiger partial charge in [-0.15, -0.1) is 0 Å². The molecule has 1 atom stereocenters. The molecule has 1 unspecified atom stereocenters. The maximum atomic E-state index is 12.9. The molecule has 0 radical (unpaired) electrons. The van der Waals surface area contributed by atoms with Gasteiger partial charge in [-0.3, -0.25) is 4.79 Å². The van der Waals surface area contributed by atoms with Gasteiger partial charge in [-0.05, 0) is 6.42 Å². The molecule has 2 fully saturated rings. The summed E-state index contributed by atoms with van der Waals surface area (Å²) in [5, 5.41) is 12.3. The van der Waals surface area contributed by atoms with E-state index < -0.39 is 23.4 Å². The third kappa shape index (κ3) is 2.78. The molecule has 10 heteroatoms. The Bertz CT molecular complexity index is 631. The highest BCUT2D eigenvalue weighted by Gasteiger charge is 2.53. The Morgan fingerprint density at radius 2 is 2.13 bits per heavy atom. The summed E-state index contributed by atoms with van der Waals surface area (Å²) in [5.41, 5.74) is -1.91. The summed E-state index contributed by atoms with van der Waals surface area (Å²) in [7, 11) is 1.22. The first-order valence-corrected chi connectivity index (χ1v) is 6.95. The molecule has 1 spiro atoms. The van der Waals surface area contributed by atoms with E-state index in [4.69, 9.17) is 4.74 Å². The molecule has 3 rings (SSSR count). The van der Waals surface area contributed by atoms with Crippen LogP contribution in [0.15, 0.2) is 6.07 Å². The Morgan fingerprint density at radius 1 is 1.43 bits per heavy atom. The van der Waals surface area contributed by atoms with Gasteiger partial charge >= 0.3 is 6.18 Å². The number of carbonyl (C=O) groups is 1. The van der Waals surface area contributed by atoms with E-state index in [1.807, 2.05) is 0 Å². The summed E-state index contributed by atoms with van der Waals surface area (Å²) in [4.78, 5) is 20.9. The SMILES string of the molecule is COc1cc(C(F)(F)F)nc(N2CC3(CC(O)CNC3=O)C2)n1. The van der Waals surface area contributed by atoms with Crippen molar-refractivity contribution in [2.45, 2.75) is 18.7 Å². The van der Waals surface area contributed by atoms with Crippen LogP contribution in [0, 0.1) is 5.41 Å². The van der Waals surface area contributed by atoms with Crippen LogP contribution < -0.4 is 15.0 Å². The summed E-state index contributed by atoms with van der Waals surface area (Å²) in [6.07, 6.45) is -5.01. The molecule has 3 heterocycles. The van der Waals surface area contributed by atoms with E-state index in [0.717, 1.165) is 6.07 Å². The number of anilines is 1. The predicted molar refractivity (Wildman–Crippen MR) is 71.9 cm³/mol. The molecule has 2 saturated heterocycles. The van der Waals surface area contributed by atoms with Gasteiger partial charge in [-0.25, -0.2) is 4.98 Å². The van der Waals surface area contributed by atoms with Gasteiger partial charge in [-0.2, -0.15) is 18.2 Å². The zero-order valence-electron chi connectivity index (χ0n) is 12.2. The van der Waals surface area contributed by atoms with Crippen molar-refractivity contribution < 1.29 is 27.8 Å². The maximum absolute atomic E-state index is 12.9. The Labute approximate surface area is 129 Å². The van der Waals surface area contributed by atoms with E-state index in [9.17, 15) is 23.1 Å². The molecule has 1 aromatic heterocycles. The largest absolute Gasteiger partial charge is 0.481 e. The Kier molecular flexibility index (Phi) is 3.58. The van der Waals surface area contributed by atoms with Crippen molar-refractivity contribution >= 4 is 11.9 Å². The van der Waals surface area contributed by atoms with Crippen LogP contribution in [0.1, 0.15) is 12.1 Å². The number of halogens is 3. The lowest BCUT2D eigenvalue weighted by atomic mass is 9.72. The van der Waals surface area contributed by atoms with E-state index in [-0.39, 0.29) is 43.8 Å². The Morgan fingerprint density at radius 3 is 2.74 bits per heavy atom. The number of aromatic nitrogens is 2. The highest BCUT2D eigenvalue weighted by atomic mass is 19.4. The molecule has 2 aliphatic heterocycles. The van der Waals surface area contributed by atoms with Crippen LogP contribution >= 0.6 is 0 Å². The second kappa shape index (κ2) is 5.22. The summed E-state index contributed by atoms with van der Waals surface area (Å²) >= 11 is 0. The molecular weight excluding hydrogens is 317 g/mol. The second-order valence-electron chi connectivity index (χ2n) is 5.80. The fourth-order valence-electron chi connectivity index (χ4n) is 2.92. The number of β-amino-alcohol motifs (C(OH)–C–C–N with tert-alkyl or cyclic N) is 1. The van der Waals surface area contributed by atoms with Gasteiger partial charge in [0.25, 0.3) is 0 Å². The summed E-state index contributed by atoms with van der Waals surface area (Å²) in [6, 6.07) is 0.718. The average molecular weight is 332 g/mol. The number of amides is 1. The molecule has 0 bridgehead atoms. The number of hydrogen-bond donors (Lipinski definition) is 2. The van der Waals surface area contributed by atoms with Crippen molar-refractivity contribution in [3.8, 4) is 5.88 Å². The maximum Gasteiger partial charge on any atom is 0.433 e. The first-order chi connectivity index (χ1) is 10.7. The number of carbonyl (C=O) groups excluding carboxylic acids is 1. The minimum absolute atomic E-state index is 0.143. The number of hydrogen-bond acceptors (Lipinski definition) is 6. The van der Waals surface area contributed by atoms with Gasteiger partial charge in [0, 0.05) is 25.7 Å². The van der Waals surface area contributed by atoms with Gasteiger partial charge in [-0.1, -0.05) is 0 Å². The van der Waals surface area contributed by atoms with Gasteiger partial charge in [0.2, 0.25) is 17.7 Å². The molecular formula is C13H15F3N4O3. The fourth-order valence-corrected chi connectivity index (χ4v) is 2.92. The summed E-state index contributed by atoms with van der Waals surface area (Å²) < 4.78 is 43.4. The van der Waals surface area contributed by atoms with Crippen LogP contribution in [0.3, 0.4) is 0 Å². The number of nitrogens with one attached hydrogen (secondary N) is 1. The van der Waals surface area contributed by atoms with E-state index in [0.29, 0.717) is 0 Å². The standard InChI is InChI=1S/C13H15F3N4O3/c1-23-9-2-8(13(14,15)16)18-11(19-9)20-5-12(6-20)3-7(21)4-17-10(12)22/h2,7,21H,3-6H2,1H3,(H,17,22). The highest BCUT2D eigenvalue weighted by Crippen LogP contribution is 2.40. The van der Waals surface area contributed by atoms with E-state index >= 15 is 0 Å². The van der Waals surface area contributed by atoms with Crippen LogP contribution in [-0.2, 0) is 11.0 Å². The zero-order valence-corrected chi connectivity index (χ0v) is 12.2. The topological polar surface area (TPSA) is 87.6 Å². The number of rotatable bonds is 2. The molecule has 126 valence electrons. The van der Waals surface area contributed by atoms with Crippen molar-refractivity contribution in [1.29, 1.82) is 0 Å². The summed E-state index contributed by atoms with van der Waals surface area (Å²) in [5.74, 6) is -0.551. The number of aliphatic hydroxyl groups excluding tert-OH is 1. The zero-order chi connectivity index (χ0) is 16.8. The van der Waals surface area contributed by atoms with Crippen molar-refractivity contribution in [1.82, 2.24) is 15.3 Å². The van der Waals surface area contributed by atoms with Crippen molar-refractivity contribution in [3.05, 3.63) is 11.8 Å². The third-order valence-electron chi connectivity index (χ3n) is 4.07. The number of methoxy groups -OCH3 is 1. The van der Waals surface area contributed by atoms with Gasteiger partial charge in [0.15, 0.2) is 5.69 Å². The smallest absolute Gasteiger partial charge is 0.433 e. The molecule has 2 aliphatic rings. The normalized spacial score (nSPS) is 23.4. The molecule has 0 saturated carbocycles. The van der Waals surface area contributed by atoms with Crippen molar-refractivity contribution in [3.63, 3.8) is 0 Å². The van der Waals surface area contributed by atoms with E-state index in [1.165, 1.54) is 12.0 Å². The van der Waals surface area contributed by atoms with Crippen molar-refractivity contribution in [2.75, 3.05) is 31.6 Å². The quantitative estimate of drug-likeness (QED) is 0.804. The number of piperidine rings is 1. The molecule has 0 aliphatic carbocycles. The summed E-state index contributed by atoms with van der Waals surface area (Å²) in [6.45, 7) is 0.495. The Balaban J connectivity index is 1.83. The number of ether oxygens (including phenoxy) is 1. The van der Waals surface area contributed by atoms with E-state index in [2.05, 4.69) is 15.3 Å². The molecule has 1 amide bonds. The molecule has 2 N–H and O–H groups in total.